The van der Waals surface area contributed by atoms with Gasteiger partial charge in [-0.15, -0.1) is 23.7 Å². The van der Waals surface area contributed by atoms with Crippen molar-refractivity contribution in [1.29, 1.82) is 0 Å². The lowest BCUT2D eigenvalue weighted by Crippen LogP contribution is -2.43. The Labute approximate surface area is 147 Å². The molecular weight excluding hydrogens is 360 g/mol. The Bertz CT molecular complexity index is 652. The second kappa shape index (κ2) is 7.94. The van der Waals surface area contributed by atoms with Crippen molar-refractivity contribution >= 4 is 39.7 Å². The molecule has 132 valence electrons. The summed E-state index contributed by atoms with van der Waals surface area (Å²) in [5, 5.41) is 4.93. The maximum atomic E-state index is 12.6. The second-order valence-corrected chi connectivity index (χ2v) is 8.54. The van der Waals surface area contributed by atoms with Crippen LogP contribution in [0.25, 0.3) is 0 Å². The Kier molecular flexibility index (Phi) is 7.03. The molecule has 1 aromatic rings. The van der Waals surface area contributed by atoms with E-state index in [-0.39, 0.29) is 27.6 Å². The van der Waals surface area contributed by atoms with E-state index in [1.165, 1.54) is 7.11 Å². The van der Waals surface area contributed by atoms with Crippen molar-refractivity contribution in [3.8, 4) is 0 Å². The van der Waals surface area contributed by atoms with E-state index in [4.69, 9.17) is 0 Å². The van der Waals surface area contributed by atoms with Crippen molar-refractivity contribution in [1.82, 2.24) is 10.0 Å². The lowest BCUT2D eigenvalue weighted by Gasteiger charge is -2.34. The molecule has 0 saturated carbocycles. The van der Waals surface area contributed by atoms with Gasteiger partial charge in [0.05, 0.1) is 7.11 Å². The molecule has 1 aliphatic rings. The van der Waals surface area contributed by atoms with Gasteiger partial charge in [0.25, 0.3) is 0 Å². The molecule has 2 N–H and O–H groups in total. The Hall–Kier alpha value is -0.670. The van der Waals surface area contributed by atoms with Crippen LogP contribution in [0.5, 0.6) is 0 Å². The minimum absolute atomic E-state index is 0. The minimum Gasteiger partial charge on any atom is -0.465 e. The number of hydrogen-bond donors (Lipinski definition) is 2. The maximum absolute atomic E-state index is 12.6. The third-order valence-electron chi connectivity index (χ3n) is 4.06. The van der Waals surface area contributed by atoms with Crippen LogP contribution in [-0.2, 0) is 14.8 Å². The summed E-state index contributed by atoms with van der Waals surface area (Å²) in [6.45, 7) is 5.92. The highest BCUT2D eigenvalue weighted by molar-refractivity contribution is 7.89. The molecule has 0 aromatic carbocycles. The van der Waals surface area contributed by atoms with Crippen LogP contribution in [0.2, 0.25) is 0 Å². The number of esters is 1. The predicted molar refractivity (Wildman–Crippen MR) is 93.0 cm³/mol. The van der Waals surface area contributed by atoms with E-state index in [2.05, 4.69) is 21.7 Å². The molecule has 2 heterocycles. The molecular formula is C14H23ClN2O4S2. The summed E-state index contributed by atoms with van der Waals surface area (Å²) in [6.07, 6.45) is 1.84. The zero-order valence-electron chi connectivity index (χ0n) is 13.5. The first kappa shape index (κ1) is 20.4. The number of ether oxygens (including phenoxy) is 1. The number of rotatable bonds is 5. The van der Waals surface area contributed by atoms with Crippen LogP contribution in [0, 0.1) is 12.3 Å². The zero-order chi connectivity index (χ0) is 16.4. The molecule has 23 heavy (non-hydrogen) atoms. The van der Waals surface area contributed by atoms with Crippen molar-refractivity contribution in [3.63, 3.8) is 0 Å². The van der Waals surface area contributed by atoms with Crippen LogP contribution < -0.4 is 10.0 Å². The van der Waals surface area contributed by atoms with E-state index < -0.39 is 16.0 Å². The smallest absolute Gasteiger partial charge is 0.349 e. The van der Waals surface area contributed by atoms with Gasteiger partial charge < -0.3 is 10.1 Å². The van der Waals surface area contributed by atoms with Gasteiger partial charge in [0.15, 0.2) is 0 Å². The van der Waals surface area contributed by atoms with Crippen molar-refractivity contribution in [2.24, 2.45) is 5.41 Å². The first-order valence-electron chi connectivity index (χ1n) is 7.16. The van der Waals surface area contributed by atoms with Crippen LogP contribution in [0.4, 0.5) is 0 Å². The molecule has 1 saturated heterocycles. The third-order valence-corrected chi connectivity index (χ3v) is 6.85. The number of thiophene rings is 1. The number of halogens is 1. The van der Waals surface area contributed by atoms with E-state index in [0.717, 1.165) is 37.3 Å². The first-order valence-corrected chi connectivity index (χ1v) is 9.52. The predicted octanol–water partition coefficient (Wildman–Crippen LogP) is 1.93. The molecule has 6 nitrogen and oxygen atoms in total. The molecule has 0 radical (unpaired) electrons. The van der Waals surface area contributed by atoms with Crippen molar-refractivity contribution in [3.05, 3.63) is 15.8 Å². The topological polar surface area (TPSA) is 84.5 Å². The van der Waals surface area contributed by atoms with Gasteiger partial charge in [0.1, 0.15) is 9.77 Å². The fourth-order valence-electron chi connectivity index (χ4n) is 2.55. The zero-order valence-corrected chi connectivity index (χ0v) is 15.9. The maximum Gasteiger partial charge on any atom is 0.349 e. The van der Waals surface area contributed by atoms with Gasteiger partial charge in [-0.05, 0) is 49.2 Å². The van der Waals surface area contributed by atoms with E-state index in [1.807, 2.05) is 0 Å². The quantitative estimate of drug-likeness (QED) is 0.760. The van der Waals surface area contributed by atoms with Gasteiger partial charge in [-0.25, -0.2) is 17.9 Å². The van der Waals surface area contributed by atoms with Crippen molar-refractivity contribution in [2.45, 2.75) is 31.6 Å². The van der Waals surface area contributed by atoms with Gasteiger partial charge in [0.2, 0.25) is 10.0 Å². The highest BCUT2D eigenvalue weighted by Gasteiger charge is 2.32. The molecule has 0 amide bonds. The number of piperidine rings is 1. The number of hydrogen-bond acceptors (Lipinski definition) is 6. The van der Waals surface area contributed by atoms with Crippen molar-refractivity contribution < 1.29 is 17.9 Å². The highest BCUT2D eigenvalue weighted by Crippen LogP contribution is 2.30. The van der Waals surface area contributed by atoms with Crippen LogP contribution in [-0.4, -0.2) is 41.1 Å². The molecule has 9 heteroatoms. The van der Waals surface area contributed by atoms with Gasteiger partial charge in [-0.3, -0.25) is 0 Å². The Balaban J connectivity index is 0.00000264. The molecule has 0 atom stereocenters. The fourth-order valence-corrected chi connectivity index (χ4v) is 5.45. The number of methoxy groups -OCH3 is 1. The summed E-state index contributed by atoms with van der Waals surface area (Å²) in [4.78, 5) is 11.9. The minimum atomic E-state index is -3.73. The largest absolute Gasteiger partial charge is 0.465 e. The molecule has 0 bridgehead atoms. The molecule has 0 aliphatic carbocycles. The summed E-state index contributed by atoms with van der Waals surface area (Å²) in [6, 6.07) is 0. The lowest BCUT2D eigenvalue weighted by atomic mass is 9.81. The molecule has 1 fully saturated rings. The number of aryl methyl sites for hydroxylation is 1. The third kappa shape index (κ3) is 4.67. The van der Waals surface area contributed by atoms with Crippen LogP contribution in [0.3, 0.4) is 0 Å². The van der Waals surface area contributed by atoms with E-state index in [1.54, 1.807) is 12.3 Å². The summed E-state index contributed by atoms with van der Waals surface area (Å²) >= 11 is 1.09. The fraction of sp³-hybridized carbons (Fsp3) is 0.643. The average molecular weight is 383 g/mol. The van der Waals surface area contributed by atoms with Crippen LogP contribution >= 0.6 is 23.7 Å². The van der Waals surface area contributed by atoms with Gasteiger partial charge in [-0.1, -0.05) is 6.92 Å². The Morgan fingerprint density at radius 1 is 1.43 bits per heavy atom. The molecule has 1 aliphatic heterocycles. The standard InChI is InChI=1S/C14H22N2O4S2.ClH/c1-10-8-21-11(13(17)20-3)12(10)22(18,19)16-9-14(2)4-6-15-7-5-14;/h8,15-16H,4-7,9H2,1-3H3;1H. The number of sulfonamides is 1. The number of carbonyl (C=O) groups is 1. The highest BCUT2D eigenvalue weighted by atomic mass is 35.5. The second-order valence-electron chi connectivity index (χ2n) is 5.95. The number of nitrogens with one attached hydrogen (secondary N) is 2. The molecule has 2 rings (SSSR count). The Morgan fingerprint density at radius 3 is 2.61 bits per heavy atom. The van der Waals surface area contributed by atoms with Crippen LogP contribution in [0.15, 0.2) is 10.3 Å². The summed E-state index contributed by atoms with van der Waals surface area (Å²) < 4.78 is 32.6. The lowest BCUT2D eigenvalue weighted by molar-refractivity contribution is 0.0602. The van der Waals surface area contributed by atoms with Gasteiger partial charge >= 0.3 is 5.97 Å². The monoisotopic (exact) mass is 382 g/mol. The summed E-state index contributed by atoms with van der Waals surface area (Å²) in [7, 11) is -2.48. The molecule has 1 aromatic heterocycles. The molecule has 0 spiro atoms. The van der Waals surface area contributed by atoms with E-state index in [9.17, 15) is 13.2 Å². The van der Waals surface area contributed by atoms with Crippen LogP contribution in [0.1, 0.15) is 35.0 Å². The summed E-state index contributed by atoms with van der Waals surface area (Å²) in [5.41, 5.74) is 0.501. The SMILES string of the molecule is COC(=O)c1scc(C)c1S(=O)(=O)NCC1(C)CCNCC1.Cl. The average Bonchev–Trinajstić information content (AvgIpc) is 2.88. The van der Waals surface area contributed by atoms with Crippen molar-refractivity contribution in [2.75, 3.05) is 26.7 Å². The normalized spacial score (nSPS) is 17.3. The summed E-state index contributed by atoms with van der Waals surface area (Å²) in [5.74, 6) is -0.619. The van der Waals surface area contributed by atoms with Gasteiger partial charge in [-0.2, -0.15) is 0 Å². The number of carbonyl (C=O) groups excluding carboxylic acids is 1. The molecule has 0 unspecified atom stereocenters. The van der Waals surface area contributed by atoms with E-state index >= 15 is 0 Å². The van der Waals surface area contributed by atoms with E-state index in [0.29, 0.717) is 12.1 Å². The first-order chi connectivity index (χ1) is 10.3. The Morgan fingerprint density at radius 2 is 2.04 bits per heavy atom. The van der Waals surface area contributed by atoms with Gasteiger partial charge in [0, 0.05) is 6.54 Å².